The van der Waals surface area contributed by atoms with Gasteiger partial charge >= 0.3 is 0 Å². The SMILES string of the molecule is CC[C@H](C(=O)NC1CCCC1)N(Cc1ccc(C)cc1)C(=O)CN(c1cc(Cl)ccc1OC)S(C)(=O)=O. The van der Waals surface area contributed by atoms with Gasteiger partial charge in [-0.1, -0.05) is 61.2 Å². The number of carbonyl (C=O) groups is 2. The first-order chi connectivity index (χ1) is 17.5. The topological polar surface area (TPSA) is 96.0 Å². The van der Waals surface area contributed by atoms with Crippen molar-refractivity contribution in [2.75, 3.05) is 24.2 Å². The lowest BCUT2D eigenvalue weighted by molar-refractivity contribution is -0.140. The predicted octanol–water partition coefficient (Wildman–Crippen LogP) is 4.29. The van der Waals surface area contributed by atoms with E-state index < -0.39 is 28.5 Å². The first kappa shape index (κ1) is 28.8. The van der Waals surface area contributed by atoms with Crippen molar-refractivity contribution >= 4 is 39.1 Å². The summed E-state index contributed by atoms with van der Waals surface area (Å²) in [6.07, 6.45) is 5.39. The Labute approximate surface area is 225 Å². The van der Waals surface area contributed by atoms with Crippen molar-refractivity contribution in [3.63, 3.8) is 0 Å². The highest BCUT2D eigenvalue weighted by Gasteiger charge is 2.33. The van der Waals surface area contributed by atoms with Gasteiger partial charge in [-0.15, -0.1) is 0 Å². The second-order valence-electron chi connectivity index (χ2n) is 9.51. The van der Waals surface area contributed by atoms with E-state index in [1.807, 2.05) is 38.1 Å². The molecule has 0 unspecified atom stereocenters. The molecule has 0 aliphatic heterocycles. The van der Waals surface area contributed by atoms with Gasteiger partial charge in [0.2, 0.25) is 21.8 Å². The number of rotatable bonds is 11. The third-order valence-electron chi connectivity index (χ3n) is 6.65. The first-order valence-corrected chi connectivity index (χ1v) is 14.7. The summed E-state index contributed by atoms with van der Waals surface area (Å²) in [5, 5.41) is 3.40. The molecule has 202 valence electrons. The Bertz CT molecular complexity index is 1200. The van der Waals surface area contributed by atoms with Gasteiger partial charge < -0.3 is 15.0 Å². The fraction of sp³-hybridized carbons (Fsp3) is 0.481. The third-order valence-corrected chi connectivity index (χ3v) is 8.01. The van der Waals surface area contributed by atoms with Gasteiger partial charge in [0.25, 0.3) is 0 Å². The van der Waals surface area contributed by atoms with E-state index in [-0.39, 0.29) is 29.9 Å². The Morgan fingerprint density at radius 1 is 1.14 bits per heavy atom. The molecule has 1 aliphatic carbocycles. The van der Waals surface area contributed by atoms with Gasteiger partial charge in [-0.25, -0.2) is 8.42 Å². The van der Waals surface area contributed by atoms with E-state index in [0.29, 0.717) is 11.4 Å². The molecule has 8 nitrogen and oxygen atoms in total. The molecule has 1 atom stereocenters. The molecule has 1 N–H and O–H groups in total. The van der Waals surface area contributed by atoms with E-state index >= 15 is 0 Å². The van der Waals surface area contributed by atoms with Gasteiger partial charge in [0.05, 0.1) is 19.1 Å². The van der Waals surface area contributed by atoms with E-state index in [2.05, 4.69) is 5.32 Å². The fourth-order valence-electron chi connectivity index (χ4n) is 4.63. The highest BCUT2D eigenvalue weighted by atomic mass is 35.5. The van der Waals surface area contributed by atoms with Crippen LogP contribution in [0.15, 0.2) is 42.5 Å². The summed E-state index contributed by atoms with van der Waals surface area (Å²) in [6.45, 7) is 3.48. The molecule has 10 heteroatoms. The molecule has 0 bridgehead atoms. The van der Waals surface area contributed by atoms with Crippen LogP contribution in [0.1, 0.15) is 50.2 Å². The maximum absolute atomic E-state index is 13.8. The molecule has 2 aromatic rings. The zero-order valence-electron chi connectivity index (χ0n) is 21.9. The lowest BCUT2D eigenvalue weighted by Gasteiger charge is -2.33. The number of sulfonamides is 1. The van der Waals surface area contributed by atoms with Gasteiger partial charge in [-0.3, -0.25) is 13.9 Å². The smallest absolute Gasteiger partial charge is 0.244 e. The van der Waals surface area contributed by atoms with Crippen LogP contribution in [0.5, 0.6) is 5.75 Å². The van der Waals surface area contributed by atoms with Crippen molar-refractivity contribution < 1.29 is 22.7 Å². The normalized spacial score (nSPS) is 14.7. The zero-order chi connectivity index (χ0) is 27.2. The predicted molar refractivity (Wildman–Crippen MR) is 146 cm³/mol. The zero-order valence-corrected chi connectivity index (χ0v) is 23.4. The van der Waals surface area contributed by atoms with Gasteiger partial charge in [0.15, 0.2) is 0 Å². The van der Waals surface area contributed by atoms with Crippen LogP contribution in [-0.2, 0) is 26.2 Å². The van der Waals surface area contributed by atoms with Gasteiger partial charge in [-0.05, 0) is 49.9 Å². The van der Waals surface area contributed by atoms with E-state index in [4.69, 9.17) is 16.3 Å². The number of methoxy groups -OCH3 is 1. The lowest BCUT2D eigenvalue weighted by atomic mass is 10.1. The first-order valence-electron chi connectivity index (χ1n) is 12.5. The maximum atomic E-state index is 13.8. The molecule has 0 heterocycles. The molecular formula is C27H36ClN3O5S. The number of amides is 2. The van der Waals surface area contributed by atoms with E-state index in [1.54, 1.807) is 12.1 Å². The summed E-state index contributed by atoms with van der Waals surface area (Å²) >= 11 is 6.16. The number of nitrogens with zero attached hydrogens (tertiary/aromatic N) is 2. The summed E-state index contributed by atoms with van der Waals surface area (Å²) in [4.78, 5) is 28.7. The largest absolute Gasteiger partial charge is 0.495 e. The molecule has 0 radical (unpaired) electrons. The van der Waals surface area contributed by atoms with E-state index in [0.717, 1.165) is 47.4 Å². The number of aryl methyl sites for hydroxylation is 1. The third kappa shape index (κ3) is 7.61. The van der Waals surface area contributed by atoms with Crippen molar-refractivity contribution in [2.45, 2.75) is 64.6 Å². The maximum Gasteiger partial charge on any atom is 0.244 e. The van der Waals surface area contributed by atoms with Crippen LogP contribution in [-0.4, -0.2) is 57.1 Å². The number of halogens is 1. The summed E-state index contributed by atoms with van der Waals surface area (Å²) in [5.41, 5.74) is 2.07. The highest BCUT2D eigenvalue weighted by Crippen LogP contribution is 2.33. The second kappa shape index (κ2) is 12.6. The number of nitrogens with one attached hydrogen (secondary N) is 1. The van der Waals surface area contributed by atoms with Crippen LogP contribution >= 0.6 is 11.6 Å². The molecule has 1 saturated carbocycles. The molecule has 3 rings (SSSR count). The van der Waals surface area contributed by atoms with Crippen LogP contribution in [0, 0.1) is 6.92 Å². The van der Waals surface area contributed by atoms with Crippen molar-refractivity contribution in [3.05, 3.63) is 58.6 Å². The Morgan fingerprint density at radius 2 is 1.78 bits per heavy atom. The molecular weight excluding hydrogens is 514 g/mol. The fourth-order valence-corrected chi connectivity index (χ4v) is 5.64. The van der Waals surface area contributed by atoms with Crippen LogP contribution in [0.2, 0.25) is 5.02 Å². The van der Waals surface area contributed by atoms with Gasteiger partial charge in [0, 0.05) is 17.6 Å². The van der Waals surface area contributed by atoms with Crippen molar-refractivity contribution in [1.82, 2.24) is 10.2 Å². The number of anilines is 1. The van der Waals surface area contributed by atoms with Crippen LogP contribution < -0.4 is 14.4 Å². The molecule has 0 saturated heterocycles. The molecule has 2 aromatic carbocycles. The van der Waals surface area contributed by atoms with Crippen molar-refractivity contribution in [3.8, 4) is 5.75 Å². The minimum Gasteiger partial charge on any atom is -0.495 e. The van der Waals surface area contributed by atoms with Gasteiger partial charge in [-0.2, -0.15) is 0 Å². The minimum atomic E-state index is -3.90. The monoisotopic (exact) mass is 549 g/mol. The van der Waals surface area contributed by atoms with E-state index in [1.165, 1.54) is 18.1 Å². The molecule has 0 aromatic heterocycles. The lowest BCUT2D eigenvalue weighted by Crippen LogP contribution is -2.53. The Kier molecular flexibility index (Phi) is 9.84. The molecule has 2 amide bonds. The average Bonchev–Trinajstić information content (AvgIpc) is 3.35. The number of hydrogen-bond acceptors (Lipinski definition) is 5. The Morgan fingerprint density at radius 3 is 2.35 bits per heavy atom. The number of hydrogen-bond donors (Lipinski definition) is 1. The number of benzene rings is 2. The van der Waals surface area contributed by atoms with Crippen molar-refractivity contribution in [2.24, 2.45) is 0 Å². The Balaban J connectivity index is 1.96. The summed E-state index contributed by atoms with van der Waals surface area (Å²) < 4.78 is 32.0. The standard InChI is InChI=1S/C27H36ClN3O5S/c1-5-23(27(33)29-22-8-6-7-9-22)30(17-20-12-10-19(2)11-13-20)26(32)18-31(37(4,34)35)24-16-21(28)14-15-25(24)36-3/h10-16,22-23H,5-9,17-18H2,1-4H3,(H,29,33)/t23-/m1/s1. The van der Waals surface area contributed by atoms with Crippen molar-refractivity contribution in [1.29, 1.82) is 0 Å². The Hall–Kier alpha value is -2.78. The summed E-state index contributed by atoms with van der Waals surface area (Å²) in [7, 11) is -2.48. The van der Waals surface area contributed by atoms with Gasteiger partial charge in [0.1, 0.15) is 18.3 Å². The number of carbonyl (C=O) groups excluding carboxylic acids is 2. The summed E-state index contributed by atoms with van der Waals surface area (Å²) in [6, 6.07) is 11.6. The average molecular weight is 550 g/mol. The molecule has 1 aliphatic rings. The number of ether oxygens (including phenoxy) is 1. The van der Waals surface area contributed by atoms with Crippen LogP contribution in [0.4, 0.5) is 5.69 Å². The minimum absolute atomic E-state index is 0.0983. The van der Waals surface area contributed by atoms with Crippen LogP contribution in [0.25, 0.3) is 0 Å². The van der Waals surface area contributed by atoms with Crippen LogP contribution in [0.3, 0.4) is 0 Å². The summed E-state index contributed by atoms with van der Waals surface area (Å²) in [5.74, 6) is -0.457. The second-order valence-corrected chi connectivity index (χ2v) is 11.9. The molecule has 37 heavy (non-hydrogen) atoms. The molecule has 1 fully saturated rings. The van der Waals surface area contributed by atoms with E-state index in [9.17, 15) is 18.0 Å². The quantitative estimate of drug-likeness (QED) is 0.451. The highest BCUT2D eigenvalue weighted by molar-refractivity contribution is 7.92. The molecule has 0 spiro atoms.